The zero-order valence-electron chi connectivity index (χ0n) is 22.1. The van der Waals surface area contributed by atoms with Crippen LogP contribution in [0.4, 0.5) is 4.79 Å². The SMILES string of the molecule is Cc1ccc2c(c1)CN(C[C@@H](O)CN1CCN(Cc3ccc(C(=O)N4C5CCC4COC5)cn3)C1=O)CC2. The predicted molar refractivity (Wildman–Crippen MR) is 142 cm³/mol. The number of fused-ring (bicyclic) bond motifs is 3. The summed E-state index contributed by atoms with van der Waals surface area (Å²) in [6, 6.07) is 10.5. The number of amides is 3. The van der Waals surface area contributed by atoms with Crippen LogP contribution in [-0.4, -0.2) is 106 Å². The van der Waals surface area contributed by atoms with Crippen molar-refractivity contribution in [3.63, 3.8) is 0 Å². The summed E-state index contributed by atoms with van der Waals surface area (Å²) in [6.45, 7) is 7.56. The molecule has 4 aliphatic rings. The largest absolute Gasteiger partial charge is 0.390 e. The fraction of sp³-hybridized carbons (Fsp3) is 0.552. The molecule has 0 radical (unpaired) electrons. The molecule has 1 N–H and O–H groups in total. The lowest BCUT2D eigenvalue weighted by atomic mass is 9.97. The van der Waals surface area contributed by atoms with Gasteiger partial charge in [0.05, 0.1) is 49.2 Å². The molecule has 38 heavy (non-hydrogen) atoms. The fourth-order valence-corrected chi connectivity index (χ4v) is 6.41. The number of rotatable bonds is 7. The number of aromatic nitrogens is 1. The van der Waals surface area contributed by atoms with Crippen LogP contribution in [0.5, 0.6) is 0 Å². The fourth-order valence-electron chi connectivity index (χ4n) is 6.41. The molecule has 9 heteroatoms. The molecule has 5 heterocycles. The Bertz CT molecular complexity index is 1170. The van der Waals surface area contributed by atoms with E-state index in [9.17, 15) is 14.7 Å². The van der Waals surface area contributed by atoms with Crippen molar-refractivity contribution in [3.8, 4) is 0 Å². The highest BCUT2D eigenvalue weighted by Crippen LogP contribution is 2.30. The van der Waals surface area contributed by atoms with E-state index < -0.39 is 6.10 Å². The number of hydrogen-bond donors (Lipinski definition) is 1. The Morgan fingerprint density at radius 3 is 2.61 bits per heavy atom. The van der Waals surface area contributed by atoms with E-state index in [4.69, 9.17) is 4.74 Å². The van der Waals surface area contributed by atoms with Crippen LogP contribution in [0.15, 0.2) is 36.5 Å². The maximum absolute atomic E-state index is 13.1. The predicted octanol–water partition coefficient (Wildman–Crippen LogP) is 2.05. The number of pyridine rings is 1. The molecule has 0 spiro atoms. The first-order chi connectivity index (χ1) is 18.4. The minimum atomic E-state index is -0.593. The highest BCUT2D eigenvalue weighted by Gasteiger charge is 2.40. The summed E-state index contributed by atoms with van der Waals surface area (Å²) in [5, 5.41) is 10.8. The molecule has 1 aromatic heterocycles. The maximum atomic E-state index is 13.1. The van der Waals surface area contributed by atoms with Crippen LogP contribution < -0.4 is 0 Å². The molecule has 1 aromatic carbocycles. The van der Waals surface area contributed by atoms with E-state index in [2.05, 4.69) is 35.0 Å². The molecule has 6 rings (SSSR count). The summed E-state index contributed by atoms with van der Waals surface area (Å²) in [4.78, 5) is 38.3. The summed E-state index contributed by atoms with van der Waals surface area (Å²) in [7, 11) is 0. The first-order valence-corrected chi connectivity index (χ1v) is 13.8. The van der Waals surface area contributed by atoms with Crippen molar-refractivity contribution in [2.75, 3.05) is 45.9 Å². The smallest absolute Gasteiger partial charge is 0.320 e. The van der Waals surface area contributed by atoms with Crippen molar-refractivity contribution in [3.05, 3.63) is 64.5 Å². The van der Waals surface area contributed by atoms with Gasteiger partial charge in [-0.15, -0.1) is 0 Å². The number of aliphatic hydroxyl groups is 1. The van der Waals surface area contributed by atoms with Gasteiger partial charge in [0.1, 0.15) is 0 Å². The molecule has 9 nitrogen and oxygen atoms in total. The van der Waals surface area contributed by atoms with Crippen molar-refractivity contribution in [1.29, 1.82) is 0 Å². The molecule has 202 valence electrons. The van der Waals surface area contributed by atoms with Gasteiger partial charge in [-0.3, -0.25) is 14.7 Å². The van der Waals surface area contributed by atoms with Gasteiger partial charge in [-0.25, -0.2) is 4.79 Å². The van der Waals surface area contributed by atoms with Crippen LogP contribution in [0.2, 0.25) is 0 Å². The molecule has 3 fully saturated rings. The second-order valence-electron chi connectivity index (χ2n) is 11.2. The highest BCUT2D eigenvalue weighted by atomic mass is 16.5. The lowest BCUT2D eigenvalue weighted by Crippen LogP contribution is -2.49. The van der Waals surface area contributed by atoms with E-state index in [1.807, 2.05) is 17.0 Å². The van der Waals surface area contributed by atoms with E-state index in [-0.39, 0.29) is 24.0 Å². The van der Waals surface area contributed by atoms with E-state index in [1.54, 1.807) is 16.0 Å². The number of aliphatic hydroxyl groups excluding tert-OH is 1. The van der Waals surface area contributed by atoms with Gasteiger partial charge in [0.15, 0.2) is 0 Å². The summed E-state index contributed by atoms with van der Waals surface area (Å²) in [5.74, 6) is 0.0181. The van der Waals surface area contributed by atoms with Gasteiger partial charge < -0.3 is 24.5 Å². The van der Waals surface area contributed by atoms with Gasteiger partial charge in [0.25, 0.3) is 5.91 Å². The number of morpholine rings is 1. The molecular weight excluding hydrogens is 482 g/mol. The number of carbonyl (C=O) groups excluding carboxylic acids is 2. The number of benzene rings is 1. The summed E-state index contributed by atoms with van der Waals surface area (Å²) >= 11 is 0. The Hall–Kier alpha value is -3.01. The van der Waals surface area contributed by atoms with Crippen molar-refractivity contribution in [2.24, 2.45) is 0 Å². The van der Waals surface area contributed by atoms with E-state index in [0.29, 0.717) is 51.5 Å². The van der Waals surface area contributed by atoms with Crippen LogP contribution in [0, 0.1) is 6.92 Å². The molecule has 0 aliphatic carbocycles. The second-order valence-corrected chi connectivity index (χ2v) is 11.2. The Morgan fingerprint density at radius 2 is 1.84 bits per heavy atom. The minimum absolute atomic E-state index is 0.0181. The maximum Gasteiger partial charge on any atom is 0.320 e. The van der Waals surface area contributed by atoms with Gasteiger partial charge in [-0.05, 0) is 49.4 Å². The molecule has 2 aromatic rings. The topological polar surface area (TPSA) is 89.5 Å². The third kappa shape index (κ3) is 5.15. The van der Waals surface area contributed by atoms with E-state index in [0.717, 1.165) is 38.0 Å². The van der Waals surface area contributed by atoms with Crippen molar-refractivity contribution in [2.45, 2.75) is 57.5 Å². The van der Waals surface area contributed by atoms with Crippen LogP contribution in [0.25, 0.3) is 0 Å². The van der Waals surface area contributed by atoms with Gasteiger partial charge >= 0.3 is 6.03 Å². The van der Waals surface area contributed by atoms with Crippen LogP contribution in [0.1, 0.15) is 45.6 Å². The highest BCUT2D eigenvalue weighted by molar-refractivity contribution is 5.94. The molecular formula is C29H37N5O4. The molecule has 4 aliphatic heterocycles. The quantitative estimate of drug-likeness (QED) is 0.603. The number of urea groups is 1. The first-order valence-electron chi connectivity index (χ1n) is 13.8. The van der Waals surface area contributed by atoms with Crippen molar-refractivity contribution >= 4 is 11.9 Å². The molecule has 2 unspecified atom stereocenters. The Morgan fingerprint density at radius 1 is 1.05 bits per heavy atom. The zero-order valence-corrected chi connectivity index (χ0v) is 22.1. The number of nitrogens with zero attached hydrogens (tertiary/aromatic N) is 5. The summed E-state index contributed by atoms with van der Waals surface area (Å²) in [5.41, 5.74) is 5.33. The third-order valence-corrected chi connectivity index (χ3v) is 8.43. The number of aryl methyl sites for hydroxylation is 1. The Labute approximate surface area is 224 Å². The summed E-state index contributed by atoms with van der Waals surface area (Å²) in [6.07, 6.45) is 4.02. The number of carbonyl (C=O) groups is 2. The average Bonchev–Trinajstić information content (AvgIpc) is 3.37. The molecule has 0 saturated carbocycles. The lowest BCUT2D eigenvalue weighted by molar-refractivity contribution is -0.00718. The number of ether oxygens (including phenoxy) is 1. The van der Waals surface area contributed by atoms with Crippen molar-refractivity contribution in [1.82, 2.24) is 24.6 Å². The zero-order chi connectivity index (χ0) is 26.2. The molecule has 2 bridgehead atoms. The van der Waals surface area contributed by atoms with Crippen LogP contribution in [-0.2, 0) is 24.2 Å². The number of hydrogen-bond acceptors (Lipinski definition) is 6. The normalized spacial score (nSPS) is 24.2. The van der Waals surface area contributed by atoms with Gasteiger partial charge in [0.2, 0.25) is 0 Å². The molecule has 3 amide bonds. The lowest BCUT2D eigenvalue weighted by Gasteiger charge is -2.34. The van der Waals surface area contributed by atoms with Crippen LogP contribution >= 0.6 is 0 Å². The Balaban J connectivity index is 0.995. The third-order valence-electron chi connectivity index (χ3n) is 8.43. The van der Waals surface area contributed by atoms with E-state index in [1.165, 1.54) is 16.7 Å². The van der Waals surface area contributed by atoms with Gasteiger partial charge in [-0.1, -0.05) is 23.8 Å². The molecule has 3 saturated heterocycles. The number of β-amino-alcohol motifs (C(OH)–C–C–N with tert-alkyl or cyclic N) is 1. The minimum Gasteiger partial charge on any atom is -0.390 e. The standard InChI is InChI=1S/C29H37N5O4/c1-20-2-3-21-8-9-31(14-23(21)12-20)16-27(35)17-33-11-10-32(29(33)37)15-24-5-4-22(13-30-24)28(36)34-25-6-7-26(34)19-38-18-25/h2-5,12-13,25-27,35H,6-11,14-19H2,1H3/t25?,26?,27-/m1/s1. The Kier molecular flexibility index (Phi) is 7.07. The molecule has 3 atom stereocenters. The van der Waals surface area contributed by atoms with E-state index >= 15 is 0 Å². The monoisotopic (exact) mass is 519 g/mol. The average molecular weight is 520 g/mol. The van der Waals surface area contributed by atoms with Crippen LogP contribution in [0.3, 0.4) is 0 Å². The summed E-state index contributed by atoms with van der Waals surface area (Å²) < 4.78 is 5.59. The van der Waals surface area contributed by atoms with Crippen molar-refractivity contribution < 1.29 is 19.4 Å². The first kappa shape index (κ1) is 25.3. The second kappa shape index (κ2) is 10.6. The van der Waals surface area contributed by atoms with Gasteiger partial charge in [0, 0.05) is 45.5 Å². The van der Waals surface area contributed by atoms with Gasteiger partial charge in [-0.2, -0.15) is 0 Å².